The molecule has 0 saturated heterocycles. The molecule has 0 aliphatic heterocycles. The summed E-state index contributed by atoms with van der Waals surface area (Å²) in [7, 11) is 0. The van der Waals surface area contributed by atoms with Crippen molar-refractivity contribution < 1.29 is 4.74 Å². The molecule has 2 N–H and O–H groups in total. The second-order valence-corrected chi connectivity index (χ2v) is 6.11. The highest BCUT2D eigenvalue weighted by Gasteiger charge is 2.05. The Bertz CT molecular complexity index is 536. The number of nitrogens with two attached hydrogens (primary N) is 1. The maximum atomic E-state index is 5.88. The Labute approximate surface area is 116 Å². The van der Waals surface area contributed by atoms with Gasteiger partial charge in [-0.25, -0.2) is 0 Å². The zero-order valence-electron chi connectivity index (χ0n) is 10.4. The van der Waals surface area contributed by atoms with Crippen LogP contribution in [0.25, 0.3) is 0 Å². The molecule has 96 valence electrons. The molecule has 0 spiro atoms. The molecule has 2 rings (SSSR count). The van der Waals surface area contributed by atoms with Crippen molar-refractivity contribution in [1.82, 2.24) is 0 Å². The van der Waals surface area contributed by atoms with E-state index in [0.717, 1.165) is 26.1 Å². The molecule has 0 amide bonds. The lowest BCUT2D eigenvalue weighted by Gasteiger charge is -2.11. The van der Waals surface area contributed by atoms with Crippen LogP contribution < -0.4 is 10.5 Å². The summed E-state index contributed by atoms with van der Waals surface area (Å²) in [6, 6.07) is 9.98. The first-order valence-corrected chi connectivity index (χ1v) is 6.99. The molecule has 1 atom stereocenters. The van der Waals surface area contributed by atoms with Gasteiger partial charge in [0.25, 0.3) is 0 Å². The van der Waals surface area contributed by atoms with Crippen molar-refractivity contribution in [1.29, 1.82) is 0 Å². The Morgan fingerprint density at radius 1 is 1.33 bits per heavy atom. The maximum absolute atomic E-state index is 5.88. The van der Waals surface area contributed by atoms with Crippen molar-refractivity contribution >= 4 is 22.9 Å². The fraction of sp³-hybridized carbons (Fsp3) is 0.286. The van der Waals surface area contributed by atoms with Crippen LogP contribution in [0, 0.1) is 6.92 Å². The third-order valence-corrected chi connectivity index (χ3v) is 3.93. The Kier molecular flexibility index (Phi) is 4.27. The van der Waals surface area contributed by atoms with Gasteiger partial charge in [0.1, 0.15) is 12.4 Å². The minimum atomic E-state index is 0.0499. The summed E-state index contributed by atoms with van der Waals surface area (Å²) < 4.78 is 6.57. The fourth-order valence-electron chi connectivity index (χ4n) is 1.70. The predicted molar refractivity (Wildman–Crippen MR) is 77.4 cm³/mol. The van der Waals surface area contributed by atoms with E-state index in [0.29, 0.717) is 6.61 Å². The van der Waals surface area contributed by atoms with Crippen LogP contribution >= 0.6 is 22.9 Å². The second kappa shape index (κ2) is 5.74. The van der Waals surface area contributed by atoms with Crippen molar-refractivity contribution in [2.75, 3.05) is 0 Å². The zero-order valence-corrected chi connectivity index (χ0v) is 12.0. The van der Waals surface area contributed by atoms with E-state index < -0.39 is 0 Å². The van der Waals surface area contributed by atoms with Crippen molar-refractivity contribution in [3.8, 4) is 5.75 Å². The van der Waals surface area contributed by atoms with Crippen LogP contribution in [0.1, 0.15) is 29.0 Å². The number of thiophene rings is 1. The number of ether oxygens (including phenoxy) is 1. The van der Waals surface area contributed by atoms with Gasteiger partial charge in [0.15, 0.2) is 0 Å². The molecule has 2 nitrogen and oxygen atoms in total. The summed E-state index contributed by atoms with van der Waals surface area (Å²) in [6.45, 7) is 4.56. The van der Waals surface area contributed by atoms with Crippen LogP contribution in [0.2, 0.25) is 4.34 Å². The minimum absolute atomic E-state index is 0.0499. The molecule has 1 aromatic carbocycles. The van der Waals surface area contributed by atoms with Crippen molar-refractivity contribution in [2.24, 2.45) is 5.73 Å². The van der Waals surface area contributed by atoms with Crippen molar-refractivity contribution in [2.45, 2.75) is 26.5 Å². The third kappa shape index (κ3) is 3.25. The first-order valence-electron chi connectivity index (χ1n) is 5.79. The first kappa shape index (κ1) is 13.4. The lowest BCUT2D eigenvalue weighted by Crippen LogP contribution is -2.05. The highest BCUT2D eigenvalue weighted by atomic mass is 35.5. The van der Waals surface area contributed by atoms with Gasteiger partial charge in [0, 0.05) is 10.9 Å². The predicted octanol–water partition coefficient (Wildman–Crippen LogP) is 4.31. The largest absolute Gasteiger partial charge is 0.488 e. The van der Waals surface area contributed by atoms with E-state index >= 15 is 0 Å². The van der Waals surface area contributed by atoms with E-state index in [9.17, 15) is 0 Å². The van der Waals surface area contributed by atoms with Crippen LogP contribution in [0.15, 0.2) is 30.3 Å². The van der Waals surface area contributed by atoms with Crippen LogP contribution in [-0.4, -0.2) is 0 Å². The number of benzene rings is 1. The van der Waals surface area contributed by atoms with Crippen LogP contribution in [0.3, 0.4) is 0 Å². The van der Waals surface area contributed by atoms with Gasteiger partial charge in [0.05, 0.1) is 4.34 Å². The average molecular weight is 282 g/mol. The van der Waals surface area contributed by atoms with E-state index in [-0.39, 0.29) is 6.04 Å². The summed E-state index contributed by atoms with van der Waals surface area (Å²) in [6.07, 6.45) is 0. The van der Waals surface area contributed by atoms with Gasteiger partial charge in [-0.2, -0.15) is 0 Å². The quantitative estimate of drug-likeness (QED) is 0.906. The smallest absolute Gasteiger partial charge is 0.123 e. The van der Waals surface area contributed by atoms with Crippen LogP contribution in [-0.2, 0) is 6.61 Å². The number of hydrogen-bond donors (Lipinski definition) is 1. The number of aryl methyl sites for hydroxylation is 1. The number of halogens is 1. The molecule has 1 heterocycles. The van der Waals surface area contributed by atoms with E-state index in [1.807, 2.05) is 38.1 Å². The molecule has 2 aromatic rings. The Morgan fingerprint density at radius 2 is 2.11 bits per heavy atom. The molecule has 0 saturated carbocycles. The number of rotatable bonds is 4. The van der Waals surface area contributed by atoms with Gasteiger partial charge in [-0.15, -0.1) is 11.3 Å². The molecule has 1 aromatic heterocycles. The summed E-state index contributed by atoms with van der Waals surface area (Å²) in [5, 5.41) is 0. The molecule has 0 unspecified atom stereocenters. The topological polar surface area (TPSA) is 35.2 Å². The Morgan fingerprint density at radius 3 is 2.67 bits per heavy atom. The SMILES string of the molecule is Cc1cc([C@H](C)N)ccc1OCc1ccc(Cl)s1. The number of hydrogen-bond acceptors (Lipinski definition) is 3. The molecule has 0 aliphatic rings. The molecular weight excluding hydrogens is 266 g/mol. The van der Waals surface area contributed by atoms with E-state index in [2.05, 4.69) is 6.07 Å². The average Bonchev–Trinajstić information content (AvgIpc) is 2.73. The van der Waals surface area contributed by atoms with Gasteiger partial charge in [0.2, 0.25) is 0 Å². The highest BCUT2D eigenvalue weighted by molar-refractivity contribution is 7.16. The van der Waals surface area contributed by atoms with Crippen LogP contribution in [0.4, 0.5) is 0 Å². The first-order chi connectivity index (χ1) is 8.56. The fourth-order valence-corrected chi connectivity index (χ4v) is 2.70. The normalized spacial score (nSPS) is 12.4. The minimum Gasteiger partial charge on any atom is -0.488 e. The zero-order chi connectivity index (χ0) is 13.1. The molecule has 18 heavy (non-hydrogen) atoms. The van der Waals surface area contributed by atoms with E-state index in [1.54, 1.807) is 11.3 Å². The Balaban J connectivity index is 2.05. The standard InChI is InChI=1S/C14H16ClNOS/c1-9-7-11(10(2)16)3-5-13(9)17-8-12-4-6-14(15)18-12/h3-7,10H,8,16H2,1-2H3/t10-/m0/s1. The molecule has 0 fully saturated rings. The van der Waals surface area contributed by atoms with E-state index in [4.69, 9.17) is 22.1 Å². The summed E-state index contributed by atoms with van der Waals surface area (Å²) in [5.74, 6) is 0.893. The highest BCUT2D eigenvalue weighted by Crippen LogP contribution is 2.25. The lowest BCUT2D eigenvalue weighted by molar-refractivity contribution is 0.307. The summed E-state index contributed by atoms with van der Waals surface area (Å²) >= 11 is 7.42. The Hall–Kier alpha value is -1.03. The van der Waals surface area contributed by atoms with Crippen molar-refractivity contribution in [3.05, 3.63) is 50.7 Å². The van der Waals surface area contributed by atoms with Gasteiger partial charge < -0.3 is 10.5 Å². The second-order valence-electron chi connectivity index (χ2n) is 4.31. The maximum Gasteiger partial charge on any atom is 0.123 e. The van der Waals surface area contributed by atoms with Crippen molar-refractivity contribution in [3.63, 3.8) is 0 Å². The summed E-state index contributed by atoms with van der Waals surface area (Å²) in [5.41, 5.74) is 8.07. The monoisotopic (exact) mass is 281 g/mol. The third-order valence-electron chi connectivity index (χ3n) is 2.72. The summed E-state index contributed by atoms with van der Waals surface area (Å²) in [4.78, 5) is 1.12. The molecular formula is C14H16ClNOS. The van der Waals surface area contributed by atoms with Gasteiger partial charge in [-0.05, 0) is 43.2 Å². The van der Waals surface area contributed by atoms with Gasteiger partial charge in [-0.1, -0.05) is 23.7 Å². The molecule has 0 aliphatic carbocycles. The van der Waals surface area contributed by atoms with Crippen LogP contribution in [0.5, 0.6) is 5.75 Å². The van der Waals surface area contributed by atoms with Gasteiger partial charge >= 0.3 is 0 Å². The van der Waals surface area contributed by atoms with Gasteiger partial charge in [-0.3, -0.25) is 0 Å². The lowest BCUT2D eigenvalue weighted by atomic mass is 10.1. The molecule has 0 bridgehead atoms. The molecule has 4 heteroatoms. The van der Waals surface area contributed by atoms with E-state index in [1.165, 1.54) is 0 Å². The molecule has 0 radical (unpaired) electrons.